The van der Waals surface area contributed by atoms with Crippen LogP contribution in [0.1, 0.15) is 26.7 Å². The number of benzene rings is 1. The van der Waals surface area contributed by atoms with Crippen LogP contribution >= 0.6 is 0 Å². The highest BCUT2D eigenvalue weighted by Crippen LogP contribution is 2.26. The maximum absolute atomic E-state index is 13.2. The molecule has 0 spiro atoms. The van der Waals surface area contributed by atoms with Gasteiger partial charge in [-0.2, -0.15) is 0 Å². The molecule has 1 aliphatic rings. The molecule has 0 saturated carbocycles. The average molecular weight is 280 g/mol. The first-order chi connectivity index (χ1) is 9.61. The summed E-state index contributed by atoms with van der Waals surface area (Å²) in [6.45, 7) is 5.15. The molecule has 1 aliphatic heterocycles. The van der Waals surface area contributed by atoms with Crippen LogP contribution in [0, 0.1) is 11.7 Å². The highest BCUT2D eigenvalue weighted by molar-refractivity contribution is 5.96. The first kappa shape index (κ1) is 14.8. The van der Waals surface area contributed by atoms with Gasteiger partial charge in [0.25, 0.3) is 0 Å². The van der Waals surface area contributed by atoms with Crippen molar-refractivity contribution >= 4 is 11.6 Å². The van der Waals surface area contributed by atoms with Crippen LogP contribution in [-0.4, -0.2) is 25.1 Å². The van der Waals surface area contributed by atoms with Crippen LogP contribution in [0.15, 0.2) is 18.2 Å². The van der Waals surface area contributed by atoms with E-state index in [0.717, 1.165) is 19.4 Å². The number of anilines is 1. The number of piperidine rings is 1. The van der Waals surface area contributed by atoms with E-state index in [1.807, 2.05) is 6.92 Å². The second kappa shape index (κ2) is 6.70. The normalized spacial score (nSPS) is 22.4. The number of halogens is 1. The molecule has 4 nitrogen and oxygen atoms in total. The third-order valence-corrected chi connectivity index (χ3v) is 3.55. The van der Waals surface area contributed by atoms with Crippen molar-refractivity contribution < 1.29 is 13.9 Å². The molecule has 2 atom stereocenters. The van der Waals surface area contributed by atoms with Gasteiger partial charge in [-0.05, 0) is 44.4 Å². The monoisotopic (exact) mass is 280 g/mol. The second-order valence-electron chi connectivity index (χ2n) is 5.11. The van der Waals surface area contributed by atoms with Crippen molar-refractivity contribution in [2.24, 2.45) is 5.92 Å². The number of carbonyl (C=O) groups is 1. The Hall–Kier alpha value is -1.62. The molecular weight excluding hydrogens is 259 g/mol. The molecule has 1 heterocycles. The lowest BCUT2D eigenvalue weighted by molar-refractivity contribution is -0.119. The van der Waals surface area contributed by atoms with E-state index in [4.69, 9.17) is 4.74 Å². The predicted molar refractivity (Wildman–Crippen MR) is 76.4 cm³/mol. The van der Waals surface area contributed by atoms with E-state index in [-0.39, 0.29) is 17.8 Å². The Kier molecular flexibility index (Phi) is 4.95. The Morgan fingerprint density at radius 1 is 1.55 bits per heavy atom. The molecule has 2 unspecified atom stereocenters. The van der Waals surface area contributed by atoms with E-state index in [2.05, 4.69) is 17.6 Å². The summed E-state index contributed by atoms with van der Waals surface area (Å²) < 4.78 is 18.6. The number of rotatable bonds is 4. The van der Waals surface area contributed by atoms with Crippen molar-refractivity contribution in [1.29, 1.82) is 0 Å². The Balaban J connectivity index is 2.10. The molecule has 20 heavy (non-hydrogen) atoms. The molecule has 0 radical (unpaired) electrons. The summed E-state index contributed by atoms with van der Waals surface area (Å²) in [5, 5.41) is 6.05. The summed E-state index contributed by atoms with van der Waals surface area (Å²) in [6.07, 6.45) is 2.12. The molecule has 0 bridgehead atoms. The number of nitrogens with one attached hydrogen (secondary N) is 2. The third-order valence-electron chi connectivity index (χ3n) is 3.55. The average Bonchev–Trinajstić information content (AvgIpc) is 2.42. The lowest BCUT2D eigenvalue weighted by Gasteiger charge is -2.29. The van der Waals surface area contributed by atoms with Gasteiger partial charge in [-0.15, -0.1) is 0 Å². The summed E-state index contributed by atoms with van der Waals surface area (Å²) in [5.74, 6) is 0.185. The number of hydrogen-bond donors (Lipinski definition) is 2. The summed E-state index contributed by atoms with van der Waals surface area (Å²) in [5.41, 5.74) is 0.512. The molecule has 1 fully saturated rings. The largest absolute Gasteiger partial charge is 0.492 e. The summed E-state index contributed by atoms with van der Waals surface area (Å²) >= 11 is 0. The molecule has 5 heteroatoms. The van der Waals surface area contributed by atoms with Crippen LogP contribution in [0.3, 0.4) is 0 Å². The summed E-state index contributed by atoms with van der Waals surface area (Å²) in [7, 11) is 0. The van der Waals surface area contributed by atoms with Crippen LogP contribution in [0.4, 0.5) is 10.1 Å². The maximum atomic E-state index is 13.2. The van der Waals surface area contributed by atoms with Gasteiger partial charge in [0, 0.05) is 6.07 Å². The van der Waals surface area contributed by atoms with Gasteiger partial charge in [0.2, 0.25) is 5.91 Å². The fourth-order valence-electron chi connectivity index (χ4n) is 2.49. The molecule has 2 rings (SSSR count). The first-order valence-electron chi connectivity index (χ1n) is 7.08. The Morgan fingerprint density at radius 2 is 2.35 bits per heavy atom. The van der Waals surface area contributed by atoms with Crippen LogP contribution in [-0.2, 0) is 4.79 Å². The highest BCUT2D eigenvalue weighted by atomic mass is 19.1. The van der Waals surface area contributed by atoms with Gasteiger partial charge in [0.15, 0.2) is 0 Å². The summed E-state index contributed by atoms with van der Waals surface area (Å²) in [4.78, 5) is 12.3. The molecule has 0 aromatic heterocycles. The number of hydrogen-bond acceptors (Lipinski definition) is 3. The third kappa shape index (κ3) is 3.48. The van der Waals surface area contributed by atoms with E-state index in [1.165, 1.54) is 18.2 Å². The van der Waals surface area contributed by atoms with Crippen LogP contribution in [0.25, 0.3) is 0 Å². The van der Waals surface area contributed by atoms with Crippen molar-refractivity contribution in [2.45, 2.75) is 32.7 Å². The number of carbonyl (C=O) groups excluding carboxylic acids is 1. The Morgan fingerprint density at radius 3 is 3.05 bits per heavy atom. The molecule has 2 N–H and O–H groups in total. The first-order valence-corrected chi connectivity index (χ1v) is 7.08. The minimum atomic E-state index is -0.379. The Labute approximate surface area is 118 Å². The van der Waals surface area contributed by atoms with Gasteiger partial charge in [-0.25, -0.2) is 4.39 Å². The molecule has 1 amide bonds. The van der Waals surface area contributed by atoms with Gasteiger partial charge < -0.3 is 15.4 Å². The smallest absolute Gasteiger partial charge is 0.241 e. The minimum Gasteiger partial charge on any atom is -0.492 e. The van der Waals surface area contributed by atoms with Crippen LogP contribution in [0.5, 0.6) is 5.75 Å². The van der Waals surface area contributed by atoms with Crippen LogP contribution in [0.2, 0.25) is 0 Å². The molecule has 1 aromatic carbocycles. The quantitative estimate of drug-likeness (QED) is 0.891. The zero-order valence-electron chi connectivity index (χ0n) is 11.9. The lowest BCUT2D eigenvalue weighted by atomic mass is 9.92. The van der Waals surface area contributed by atoms with Gasteiger partial charge in [0.1, 0.15) is 11.6 Å². The van der Waals surface area contributed by atoms with Crippen molar-refractivity contribution in [1.82, 2.24) is 5.32 Å². The molecule has 0 aliphatic carbocycles. The van der Waals surface area contributed by atoms with Gasteiger partial charge in [0.05, 0.1) is 18.3 Å². The zero-order chi connectivity index (χ0) is 14.5. The van der Waals surface area contributed by atoms with E-state index >= 15 is 0 Å². The molecule has 1 aromatic rings. The van der Waals surface area contributed by atoms with Crippen molar-refractivity contribution in [3.8, 4) is 5.75 Å². The maximum Gasteiger partial charge on any atom is 0.241 e. The topological polar surface area (TPSA) is 50.4 Å². The lowest BCUT2D eigenvalue weighted by Crippen LogP contribution is -2.48. The standard InChI is InChI=1S/C15H21FN2O2/c1-3-20-13-9-11(16)6-7-12(13)18-15(19)14-10(2)5-4-8-17-14/h6-7,9-10,14,17H,3-5,8H2,1-2H3,(H,18,19). The molecule has 110 valence electrons. The summed E-state index contributed by atoms with van der Waals surface area (Å²) in [6, 6.07) is 3.93. The van der Waals surface area contributed by atoms with Crippen molar-refractivity contribution in [3.63, 3.8) is 0 Å². The van der Waals surface area contributed by atoms with Crippen LogP contribution < -0.4 is 15.4 Å². The fourth-order valence-corrected chi connectivity index (χ4v) is 2.49. The van der Waals surface area contributed by atoms with E-state index in [1.54, 1.807) is 0 Å². The zero-order valence-corrected chi connectivity index (χ0v) is 11.9. The van der Waals surface area contributed by atoms with Gasteiger partial charge >= 0.3 is 0 Å². The fraction of sp³-hybridized carbons (Fsp3) is 0.533. The number of ether oxygens (including phenoxy) is 1. The van der Waals surface area contributed by atoms with Gasteiger partial charge in [-0.1, -0.05) is 6.92 Å². The Bertz CT molecular complexity index is 479. The van der Waals surface area contributed by atoms with E-state index < -0.39 is 0 Å². The van der Waals surface area contributed by atoms with Crippen molar-refractivity contribution in [2.75, 3.05) is 18.5 Å². The molecule has 1 saturated heterocycles. The highest BCUT2D eigenvalue weighted by Gasteiger charge is 2.27. The van der Waals surface area contributed by atoms with E-state index in [0.29, 0.717) is 24.0 Å². The van der Waals surface area contributed by atoms with Crippen molar-refractivity contribution in [3.05, 3.63) is 24.0 Å². The number of amides is 1. The molecular formula is C15H21FN2O2. The SMILES string of the molecule is CCOc1cc(F)ccc1NC(=O)C1NCCCC1C. The van der Waals surface area contributed by atoms with E-state index in [9.17, 15) is 9.18 Å². The minimum absolute atomic E-state index is 0.0928. The second-order valence-corrected chi connectivity index (χ2v) is 5.11. The van der Waals surface area contributed by atoms with Gasteiger partial charge in [-0.3, -0.25) is 4.79 Å². The predicted octanol–water partition coefficient (Wildman–Crippen LogP) is 2.55.